The van der Waals surface area contributed by atoms with E-state index in [-0.39, 0.29) is 30.2 Å². The summed E-state index contributed by atoms with van der Waals surface area (Å²) in [5, 5.41) is 0. The van der Waals surface area contributed by atoms with E-state index in [4.69, 9.17) is 0 Å². The Kier molecular flexibility index (Phi) is 6.99. The number of amides is 3. The third kappa shape index (κ3) is 4.93. The second-order valence-corrected chi connectivity index (χ2v) is 10.5. The predicted octanol–water partition coefficient (Wildman–Crippen LogP) is 6.00. The quantitative estimate of drug-likeness (QED) is 0.275. The summed E-state index contributed by atoms with van der Waals surface area (Å²) in [6.45, 7) is 0.00285. The lowest BCUT2D eigenvalue weighted by atomic mass is 9.76. The molecule has 40 heavy (non-hydrogen) atoms. The molecule has 2 atom stereocenters. The largest absolute Gasteiger partial charge is 0.329 e. The number of carbonyl (C=O) groups is 3. The number of rotatable bonds is 7. The van der Waals surface area contributed by atoms with E-state index in [1.54, 1.807) is 36.4 Å². The normalized spacial score (nSPS) is 17.9. The van der Waals surface area contributed by atoms with Crippen molar-refractivity contribution in [3.8, 4) is 0 Å². The summed E-state index contributed by atoms with van der Waals surface area (Å²) in [5.74, 6) is -1.39. The van der Waals surface area contributed by atoms with Crippen molar-refractivity contribution in [1.82, 2.24) is 9.80 Å². The molecule has 0 spiro atoms. The van der Waals surface area contributed by atoms with Crippen LogP contribution in [0.2, 0.25) is 0 Å². The van der Waals surface area contributed by atoms with E-state index in [0.717, 1.165) is 34.4 Å². The molecule has 0 aromatic heterocycles. The van der Waals surface area contributed by atoms with Crippen molar-refractivity contribution in [1.29, 1.82) is 0 Å². The van der Waals surface area contributed by atoms with Gasteiger partial charge in [0.05, 0.1) is 17.2 Å². The van der Waals surface area contributed by atoms with E-state index < -0.39 is 11.8 Å². The molecule has 5 nitrogen and oxygen atoms in total. The summed E-state index contributed by atoms with van der Waals surface area (Å²) in [6.07, 6.45) is 2.40. The second kappa shape index (κ2) is 10.9. The highest BCUT2D eigenvalue weighted by atomic mass is 19.1. The molecule has 6 rings (SSSR count). The van der Waals surface area contributed by atoms with Crippen molar-refractivity contribution in [2.75, 3.05) is 6.54 Å². The Morgan fingerprint density at radius 2 is 1.40 bits per heavy atom. The molecule has 6 heteroatoms. The molecule has 0 saturated heterocycles. The van der Waals surface area contributed by atoms with Crippen LogP contribution in [0.5, 0.6) is 0 Å². The molecule has 3 amide bonds. The molecule has 200 valence electrons. The number of hydrogen-bond donors (Lipinski definition) is 0. The molecular weight excluding hydrogens is 503 g/mol. The van der Waals surface area contributed by atoms with Gasteiger partial charge in [-0.3, -0.25) is 19.3 Å². The first-order valence-electron chi connectivity index (χ1n) is 13.6. The van der Waals surface area contributed by atoms with Crippen molar-refractivity contribution in [3.63, 3.8) is 0 Å². The van der Waals surface area contributed by atoms with Crippen LogP contribution in [-0.4, -0.2) is 34.1 Å². The minimum atomic E-state index is -0.444. The van der Waals surface area contributed by atoms with Crippen LogP contribution < -0.4 is 0 Å². The Hall–Kier alpha value is -4.58. The standard InChI is InChI=1S/C34H29FN2O3/c35-27-18-14-23(15-19-27)20-26-17-16-25-10-4-5-11-28(25)32(26)36(21-24-8-2-1-3-9-24)31(38)22-37-33(39)29-12-6-7-13-30(29)34(37)40/h1-15,18-19,26,32H,16-17,20-22H2. The molecule has 0 radical (unpaired) electrons. The van der Waals surface area contributed by atoms with Crippen LogP contribution in [0.3, 0.4) is 0 Å². The van der Waals surface area contributed by atoms with Crippen LogP contribution in [0.25, 0.3) is 0 Å². The third-order valence-corrected chi connectivity index (χ3v) is 8.04. The predicted molar refractivity (Wildman–Crippen MR) is 150 cm³/mol. The Bertz CT molecular complexity index is 1530. The summed E-state index contributed by atoms with van der Waals surface area (Å²) in [7, 11) is 0. The summed E-state index contributed by atoms with van der Waals surface area (Å²) in [6, 6.07) is 30.9. The van der Waals surface area contributed by atoms with Crippen LogP contribution >= 0.6 is 0 Å². The van der Waals surface area contributed by atoms with Gasteiger partial charge in [-0.1, -0.05) is 78.9 Å². The third-order valence-electron chi connectivity index (χ3n) is 8.04. The van der Waals surface area contributed by atoms with Gasteiger partial charge in [-0.05, 0) is 71.7 Å². The first kappa shape index (κ1) is 25.7. The van der Waals surface area contributed by atoms with Gasteiger partial charge in [-0.25, -0.2) is 4.39 Å². The molecule has 0 N–H and O–H groups in total. The van der Waals surface area contributed by atoms with Crippen LogP contribution in [-0.2, 0) is 24.2 Å². The van der Waals surface area contributed by atoms with Gasteiger partial charge in [0.1, 0.15) is 12.4 Å². The lowest BCUT2D eigenvalue weighted by molar-refractivity contribution is -0.136. The number of aryl methyl sites for hydroxylation is 1. The van der Waals surface area contributed by atoms with Crippen molar-refractivity contribution in [2.24, 2.45) is 5.92 Å². The number of imide groups is 1. The summed E-state index contributed by atoms with van der Waals surface area (Å²) in [4.78, 5) is 43.4. The maximum atomic E-state index is 14.2. The van der Waals surface area contributed by atoms with Gasteiger partial charge in [0.25, 0.3) is 11.8 Å². The van der Waals surface area contributed by atoms with Gasteiger partial charge in [-0.2, -0.15) is 0 Å². The van der Waals surface area contributed by atoms with Gasteiger partial charge in [0, 0.05) is 6.54 Å². The molecular formula is C34H29FN2O3. The molecule has 0 saturated carbocycles. The van der Waals surface area contributed by atoms with E-state index in [2.05, 4.69) is 12.1 Å². The molecule has 4 aromatic carbocycles. The molecule has 2 aliphatic rings. The molecule has 1 aliphatic carbocycles. The molecule has 0 fully saturated rings. The van der Waals surface area contributed by atoms with E-state index in [1.165, 1.54) is 17.7 Å². The number of fused-ring (bicyclic) bond motifs is 2. The second-order valence-electron chi connectivity index (χ2n) is 10.5. The van der Waals surface area contributed by atoms with Crippen LogP contribution in [0, 0.1) is 11.7 Å². The molecule has 4 aromatic rings. The average Bonchev–Trinajstić information content (AvgIpc) is 3.22. The zero-order valence-corrected chi connectivity index (χ0v) is 22.0. The topological polar surface area (TPSA) is 57.7 Å². The molecule has 1 heterocycles. The average molecular weight is 533 g/mol. The van der Waals surface area contributed by atoms with Crippen molar-refractivity contribution >= 4 is 17.7 Å². The van der Waals surface area contributed by atoms with Gasteiger partial charge in [0.15, 0.2) is 0 Å². The monoisotopic (exact) mass is 532 g/mol. The van der Waals surface area contributed by atoms with E-state index in [9.17, 15) is 18.8 Å². The summed E-state index contributed by atoms with van der Waals surface area (Å²) >= 11 is 0. The van der Waals surface area contributed by atoms with E-state index >= 15 is 0 Å². The molecule has 1 aliphatic heterocycles. The first-order valence-corrected chi connectivity index (χ1v) is 13.6. The fraction of sp³-hybridized carbons (Fsp3) is 0.206. The zero-order chi connectivity index (χ0) is 27.6. The molecule has 2 unspecified atom stereocenters. The SMILES string of the molecule is O=C1c2ccccc2C(=O)N1CC(=O)N(Cc1ccccc1)C1c2ccccc2CCC1Cc1ccc(F)cc1. The fourth-order valence-electron chi connectivity index (χ4n) is 6.09. The Morgan fingerprint density at radius 3 is 2.10 bits per heavy atom. The zero-order valence-electron chi connectivity index (χ0n) is 22.0. The van der Waals surface area contributed by atoms with Crippen LogP contribution in [0.4, 0.5) is 4.39 Å². The minimum Gasteiger partial charge on any atom is -0.329 e. The van der Waals surface area contributed by atoms with Gasteiger partial charge in [0.2, 0.25) is 5.91 Å². The maximum Gasteiger partial charge on any atom is 0.262 e. The summed E-state index contributed by atoms with van der Waals surface area (Å²) in [5.41, 5.74) is 4.88. The van der Waals surface area contributed by atoms with Crippen molar-refractivity contribution in [3.05, 3.63) is 142 Å². The maximum absolute atomic E-state index is 14.2. The number of halogens is 1. The van der Waals surface area contributed by atoms with Crippen LogP contribution in [0.15, 0.2) is 103 Å². The Balaban J connectivity index is 1.37. The number of carbonyl (C=O) groups excluding carboxylic acids is 3. The van der Waals surface area contributed by atoms with Crippen molar-refractivity contribution < 1.29 is 18.8 Å². The summed E-state index contributed by atoms with van der Waals surface area (Å²) < 4.78 is 13.7. The van der Waals surface area contributed by atoms with Gasteiger partial charge < -0.3 is 4.90 Å². The highest BCUT2D eigenvalue weighted by Gasteiger charge is 2.40. The Labute approximate surface area is 232 Å². The Morgan fingerprint density at radius 1 is 0.775 bits per heavy atom. The molecule has 0 bridgehead atoms. The smallest absolute Gasteiger partial charge is 0.262 e. The highest BCUT2D eigenvalue weighted by molar-refractivity contribution is 6.22. The lowest BCUT2D eigenvalue weighted by Crippen LogP contribution is -2.46. The van der Waals surface area contributed by atoms with E-state index in [0.29, 0.717) is 24.1 Å². The lowest BCUT2D eigenvalue weighted by Gasteiger charge is -2.42. The van der Waals surface area contributed by atoms with E-state index in [1.807, 2.05) is 47.4 Å². The number of nitrogens with zero attached hydrogens (tertiary/aromatic N) is 2. The van der Waals surface area contributed by atoms with Crippen LogP contribution in [0.1, 0.15) is 55.4 Å². The highest BCUT2D eigenvalue weighted by Crippen LogP contribution is 2.41. The minimum absolute atomic E-state index is 0.0650. The van der Waals surface area contributed by atoms with Crippen molar-refractivity contribution in [2.45, 2.75) is 31.8 Å². The number of benzene rings is 4. The number of hydrogen-bond acceptors (Lipinski definition) is 3. The fourth-order valence-corrected chi connectivity index (χ4v) is 6.09. The van der Waals surface area contributed by atoms with Gasteiger partial charge in [-0.15, -0.1) is 0 Å². The van der Waals surface area contributed by atoms with Gasteiger partial charge >= 0.3 is 0 Å². The first-order chi connectivity index (χ1) is 19.5.